The number of hydrogen-bond acceptors (Lipinski definition) is 3. The van der Waals surface area contributed by atoms with Crippen molar-refractivity contribution in [2.75, 3.05) is 0 Å². The van der Waals surface area contributed by atoms with Gasteiger partial charge in [-0.1, -0.05) is 41.6 Å². The summed E-state index contributed by atoms with van der Waals surface area (Å²) in [5.41, 5.74) is 5.39. The summed E-state index contributed by atoms with van der Waals surface area (Å²) in [5, 5.41) is 11.3. The average Bonchev–Trinajstić information content (AvgIpc) is 2.99. The Labute approximate surface area is 161 Å². The quantitative estimate of drug-likeness (QED) is 0.442. The van der Waals surface area contributed by atoms with E-state index in [2.05, 4.69) is 23.6 Å². The molecule has 1 heterocycles. The van der Waals surface area contributed by atoms with Crippen LogP contribution >= 0.6 is 23.4 Å². The van der Waals surface area contributed by atoms with Gasteiger partial charge in [-0.05, 0) is 66.6 Å². The van der Waals surface area contributed by atoms with Crippen molar-refractivity contribution in [3.63, 3.8) is 0 Å². The van der Waals surface area contributed by atoms with Crippen molar-refractivity contribution in [2.24, 2.45) is 0 Å². The maximum Gasteiger partial charge on any atom is 0.174 e. The minimum atomic E-state index is 0.254. The van der Waals surface area contributed by atoms with Crippen molar-refractivity contribution in [1.29, 1.82) is 0 Å². The fraction of sp³-hybridized carbons (Fsp3) is 0.0952. The van der Waals surface area contributed by atoms with Crippen LogP contribution < -0.4 is 0 Å². The SMILES string of the molecule is Cc1ccc2nc(SCc3ccc(Cl)cc3)n(-c3ccc(O)cc3)c2c1. The second-order valence-corrected chi connectivity index (χ2v) is 7.53. The van der Waals surface area contributed by atoms with Gasteiger partial charge < -0.3 is 5.11 Å². The van der Waals surface area contributed by atoms with E-state index in [1.165, 1.54) is 11.1 Å². The molecular formula is C21H17ClN2OS. The number of halogens is 1. The zero-order valence-corrected chi connectivity index (χ0v) is 15.8. The van der Waals surface area contributed by atoms with Gasteiger partial charge in [0.1, 0.15) is 5.75 Å². The number of benzene rings is 3. The Morgan fingerprint density at radius 2 is 1.73 bits per heavy atom. The molecule has 0 aliphatic heterocycles. The van der Waals surface area contributed by atoms with Crippen molar-refractivity contribution in [3.8, 4) is 11.4 Å². The average molecular weight is 381 g/mol. The highest BCUT2D eigenvalue weighted by atomic mass is 35.5. The molecule has 0 saturated carbocycles. The van der Waals surface area contributed by atoms with Gasteiger partial charge >= 0.3 is 0 Å². The Balaban J connectivity index is 1.76. The number of aromatic hydroxyl groups is 1. The summed E-state index contributed by atoms with van der Waals surface area (Å²) in [5.74, 6) is 1.06. The number of phenols is 1. The molecule has 0 amide bonds. The number of nitrogens with zero attached hydrogens (tertiary/aromatic N) is 2. The monoisotopic (exact) mass is 380 g/mol. The molecule has 0 unspecified atom stereocenters. The minimum Gasteiger partial charge on any atom is -0.508 e. The Bertz CT molecular complexity index is 1060. The van der Waals surface area contributed by atoms with Crippen LogP contribution in [0.5, 0.6) is 5.75 Å². The fourth-order valence-electron chi connectivity index (χ4n) is 2.84. The molecule has 26 heavy (non-hydrogen) atoms. The normalized spacial score (nSPS) is 11.2. The summed E-state index contributed by atoms with van der Waals surface area (Å²) in [4.78, 5) is 4.82. The molecule has 1 aromatic heterocycles. The van der Waals surface area contributed by atoms with E-state index < -0.39 is 0 Å². The molecule has 0 spiro atoms. The Hall–Kier alpha value is -2.43. The molecule has 3 nitrogen and oxygen atoms in total. The van der Waals surface area contributed by atoms with Crippen molar-refractivity contribution in [2.45, 2.75) is 17.8 Å². The minimum absolute atomic E-state index is 0.254. The van der Waals surface area contributed by atoms with E-state index in [0.29, 0.717) is 0 Å². The lowest BCUT2D eigenvalue weighted by molar-refractivity contribution is 0.475. The van der Waals surface area contributed by atoms with Gasteiger partial charge in [0, 0.05) is 16.5 Å². The Morgan fingerprint density at radius 1 is 1.00 bits per heavy atom. The highest BCUT2D eigenvalue weighted by Crippen LogP contribution is 2.31. The molecule has 0 fully saturated rings. The number of imidazole rings is 1. The number of hydrogen-bond donors (Lipinski definition) is 1. The zero-order valence-electron chi connectivity index (χ0n) is 14.2. The van der Waals surface area contributed by atoms with Crippen molar-refractivity contribution in [3.05, 3.63) is 82.9 Å². The maximum atomic E-state index is 9.61. The fourth-order valence-corrected chi connectivity index (χ4v) is 3.95. The van der Waals surface area contributed by atoms with Crippen LogP contribution in [0.3, 0.4) is 0 Å². The number of phenolic OH excluding ortho intramolecular Hbond substituents is 1. The van der Waals surface area contributed by atoms with E-state index in [0.717, 1.165) is 32.7 Å². The predicted molar refractivity (Wildman–Crippen MR) is 108 cm³/mol. The van der Waals surface area contributed by atoms with E-state index in [-0.39, 0.29) is 5.75 Å². The number of aryl methyl sites for hydroxylation is 1. The van der Waals surface area contributed by atoms with Gasteiger partial charge in [0.15, 0.2) is 5.16 Å². The summed E-state index contributed by atoms with van der Waals surface area (Å²) in [7, 11) is 0. The molecular weight excluding hydrogens is 364 g/mol. The highest BCUT2D eigenvalue weighted by Gasteiger charge is 2.13. The topological polar surface area (TPSA) is 38.0 Å². The third-order valence-electron chi connectivity index (χ3n) is 4.17. The first-order chi connectivity index (χ1) is 12.6. The van der Waals surface area contributed by atoms with Gasteiger partial charge in [-0.2, -0.15) is 0 Å². The lowest BCUT2D eigenvalue weighted by atomic mass is 10.2. The van der Waals surface area contributed by atoms with Gasteiger partial charge in [-0.25, -0.2) is 4.98 Å². The summed E-state index contributed by atoms with van der Waals surface area (Å²) in [6.45, 7) is 2.08. The predicted octanol–water partition coefficient (Wildman–Crippen LogP) is 5.99. The first-order valence-corrected chi connectivity index (χ1v) is 9.62. The molecule has 4 aromatic rings. The summed E-state index contributed by atoms with van der Waals surface area (Å²) < 4.78 is 2.14. The summed E-state index contributed by atoms with van der Waals surface area (Å²) >= 11 is 7.65. The Morgan fingerprint density at radius 3 is 2.46 bits per heavy atom. The molecule has 0 atom stereocenters. The molecule has 130 valence electrons. The second kappa shape index (κ2) is 7.06. The number of thioether (sulfide) groups is 1. The van der Waals surface area contributed by atoms with E-state index >= 15 is 0 Å². The summed E-state index contributed by atoms with van der Waals surface area (Å²) in [6, 6.07) is 21.4. The van der Waals surface area contributed by atoms with Crippen molar-refractivity contribution < 1.29 is 5.11 Å². The number of aromatic nitrogens is 2. The van der Waals surface area contributed by atoms with E-state index in [9.17, 15) is 5.11 Å². The van der Waals surface area contributed by atoms with Crippen LogP contribution in [0, 0.1) is 6.92 Å². The van der Waals surface area contributed by atoms with Crippen molar-refractivity contribution >= 4 is 34.4 Å². The number of fused-ring (bicyclic) bond motifs is 1. The molecule has 5 heteroatoms. The molecule has 0 aliphatic carbocycles. The number of rotatable bonds is 4. The van der Waals surface area contributed by atoms with Gasteiger partial charge in [0.25, 0.3) is 0 Å². The molecule has 0 radical (unpaired) electrons. The molecule has 4 rings (SSSR count). The smallest absolute Gasteiger partial charge is 0.174 e. The van der Waals surface area contributed by atoms with Gasteiger partial charge in [-0.15, -0.1) is 0 Å². The van der Waals surface area contributed by atoms with Crippen LogP contribution in [-0.4, -0.2) is 14.7 Å². The van der Waals surface area contributed by atoms with Crippen LogP contribution in [0.1, 0.15) is 11.1 Å². The third-order valence-corrected chi connectivity index (χ3v) is 5.43. The van der Waals surface area contributed by atoms with Crippen molar-refractivity contribution in [1.82, 2.24) is 9.55 Å². The van der Waals surface area contributed by atoms with Gasteiger partial charge in [0.2, 0.25) is 0 Å². The van der Waals surface area contributed by atoms with E-state index in [1.807, 2.05) is 42.5 Å². The van der Waals surface area contributed by atoms with Crippen LogP contribution in [-0.2, 0) is 5.75 Å². The first kappa shape index (κ1) is 17.0. The highest BCUT2D eigenvalue weighted by molar-refractivity contribution is 7.98. The van der Waals surface area contributed by atoms with Crippen LogP contribution in [0.15, 0.2) is 71.9 Å². The zero-order chi connectivity index (χ0) is 18.1. The van der Waals surface area contributed by atoms with E-state index in [4.69, 9.17) is 16.6 Å². The van der Waals surface area contributed by atoms with Gasteiger partial charge in [0.05, 0.1) is 11.0 Å². The molecule has 1 N–H and O–H groups in total. The molecule has 0 saturated heterocycles. The molecule has 3 aromatic carbocycles. The lowest BCUT2D eigenvalue weighted by Gasteiger charge is -2.09. The van der Waals surface area contributed by atoms with Crippen LogP contribution in [0.2, 0.25) is 5.02 Å². The van der Waals surface area contributed by atoms with E-state index in [1.54, 1.807) is 23.9 Å². The lowest BCUT2D eigenvalue weighted by Crippen LogP contribution is -1.96. The summed E-state index contributed by atoms with van der Waals surface area (Å²) in [6.07, 6.45) is 0. The second-order valence-electron chi connectivity index (χ2n) is 6.15. The maximum absolute atomic E-state index is 9.61. The van der Waals surface area contributed by atoms with Gasteiger partial charge in [-0.3, -0.25) is 4.57 Å². The molecule has 0 aliphatic rings. The largest absolute Gasteiger partial charge is 0.508 e. The van der Waals surface area contributed by atoms with Crippen LogP contribution in [0.4, 0.5) is 0 Å². The first-order valence-electron chi connectivity index (χ1n) is 8.26. The molecule has 0 bridgehead atoms. The van der Waals surface area contributed by atoms with Crippen LogP contribution in [0.25, 0.3) is 16.7 Å². The standard InChI is InChI=1S/C21H17ClN2OS/c1-14-2-11-19-20(12-14)24(17-7-9-18(25)10-8-17)21(23-19)26-13-15-3-5-16(22)6-4-15/h2-12,25H,13H2,1H3. The Kier molecular flexibility index (Phi) is 4.62. The third kappa shape index (κ3) is 3.43.